The summed E-state index contributed by atoms with van der Waals surface area (Å²) in [5, 5.41) is 4.17. The second-order valence-electron chi connectivity index (χ2n) is 3.00. The lowest BCUT2D eigenvalue weighted by Crippen LogP contribution is -1.95. The molecule has 0 bridgehead atoms. The molecule has 0 fully saturated rings. The number of hydrogen-bond donors (Lipinski definition) is 1. The lowest BCUT2D eigenvalue weighted by atomic mass is 10.2. The van der Waals surface area contributed by atoms with Crippen LogP contribution >= 0.6 is 0 Å². The predicted octanol–water partition coefficient (Wildman–Crippen LogP) is 1.53. The number of rotatable bonds is 0. The standard InChI is InChI=1S/C9H11N3/c1-6-3-4-9-8(10)5-11-12(9)7(6)2/h3-5H,10H2,1-2H3. The largest absolute Gasteiger partial charge is 0.396 e. The van der Waals surface area contributed by atoms with Crippen LogP contribution in [0.25, 0.3) is 5.52 Å². The van der Waals surface area contributed by atoms with Crippen molar-refractivity contribution in [3.05, 3.63) is 29.6 Å². The molecule has 0 unspecified atom stereocenters. The number of anilines is 1. The Balaban J connectivity index is 2.93. The van der Waals surface area contributed by atoms with E-state index >= 15 is 0 Å². The van der Waals surface area contributed by atoms with Crippen molar-refractivity contribution in [1.82, 2.24) is 9.61 Å². The molecule has 0 saturated heterocycles. The van der Waals surface area contributed by atoms with Crippen molar-refractivity contribution in [3.63, 3.8) is 0 Å². The maximum Gasteiger partial charge on any atom is 0.0894 e. The Morgan fingerprint density at radius 1 is 1.33 bits per heavy atom. The number of aromatic nitrogens is 2. The molecule has 2 heterocycles. The van der Waals surface area contributed by atoms with E-state index in [0.29, 0.717) is 0 Å². The molecule has 0 radical (unpaired) electrons. The first-order valence-corrected chi connectivity index (χ1v) is 3.89. The van der Waals surface area contributed by atoms with Crippen molar-refractivity contribution in [1.29, 1.82) is 0 Å². The van der Waals surface area contributed by atoms with Gasteiger partial charge in [0.05, 0.1) is 17.4 Å². The number of aryl methyl sites for hydroxylation is 2. The second-order valence-corrected chi connectivity index (χ2v) is 3.00. The summed E-state index contributed by atoms with van der Waals surface area (Å²) >= 11 is 0. The van der Waals surface area contributed by atoms with Crippen molar-refractivity contribution in [2.45, 2.75) is 13.8 Å². The van der Waals surface area contributed by atoms with E-state index in [4.69, 9.17) is 5.73 Å². The summed E-state index contributed by atoms with van der Waals surface area (Å²) in [5.41, 5.74) is 9.80. The molecular weight excluding hydrogens is 150 g/mol. The molecule has 0 saturated carbocycles. The summed E-state index contributed by atoms with van der Waals surface area (Å²) in [6.45, 7) is 4.10. The van der Waals surface area contributed by atoms with Gasteiger partial charge in [0.15, 0.2) is 0 Å². The van der Waals surface area contributed by atoms with Gasteiger partial charge in [-0.2, -0.15) is 5.10 Å². The molecule has 3 heteroatoms. The van der Waals surface area contributed by atoms with Gasteiger partial charge in [0.1, 0.15) is 0 Å². The second kappa shape index (κ2) is 2.24. The summed E-state index contributed by atoms with van der Waals surface area (Å²) in [5.74, 6) is 0. The zero-order valence-electron chi connectivity index (χ0n) is 7.20. The van der Waals surface area contributed by atoms with E-state index in [1.807, 2.05) is 17.5 Å². The minimum Gasteiger partial charge on any atom is -0.396 e. The van der Waals surface area contributed by atoms with E-state index in [9.17, 15) is 0 Å². The van der Waals surface area contributed by atoms with E-state index in [-0.39, 0.29) is 0 Å². The molecule has 0 aromatic carbocycles. The van der Waals surface area contributed by atoms with Crippen molar-refractivity contribution in [2.75, 3.05) is 5.73 Å². The fraction of sp³-hybridized carbons (Fsp3) is 0.222. The molecule has 2 N–H and O–H groups in total. The minimum absolute atomic E-state index is 0.734. The Bertz CT molecular complexity index is 429. The highest BCUT2D eigenvalue weighted by Gasteiger charge is 2.02. The van der Waals surface area contributed by atoms with Crippen molar-refractivity contribution in [2.24, 2.45) is 0 Å². The maximum atomic E-state index is 5.71. The van der Waals surface area contributed by atoms with Crippen molar-refractivity contribution in [3.8, 4) is 0 Å². The van der Waals surface area contributed by atoms with E-state index in [2.05, 4.69) is 18.1 Å². The molecule has 0 aliphatic carbocycles. The zero-order chi connectivity index (χ0) is 8.72. The van der Waals surface area contributed by atoms with Crippen LogP contribution in [0.3, 0.4) is 0 Å². The van der Waals surface area contributed by atoms with Gasteiger partial charge in [-0.1, -0.05) is 6.07 Å². The average Bonchev–Trinajstić information content (AvgIpc) is 2.41. The number of pyridine rings is 1. The van der Waals surface area contributed by atoms with Gasteiger partial charge in [0.25, 0.3) is 0 Å². The third-order valence-corrected chi connectivity index (χ3v) is 2.22. The molecule has 12 heavy (non-hydrogen) atoms. The lowest BCUT2D eigenvalue weighted by Gasteiger charge is -2.02. The highest BCUT2D eigenvalue weighted by Crippen LogP contribution is 2.16. The summed E-state index contributed by atoms with van der Waals surface area (Å²) in [6, 6.07) is 4.05. The SMILES string of the molecule is Cc1ccc2c(N)cnn2c1C. The van der Waals surface area contributed by atoms with Gasteiger partial charge >= 0.3 is 0 Å². The first-order chi connectivity index (χ1) is 5.70. The lowest BCUT2D eigenvalue weighted by molar-refractivity contribution is 0.902. The fourth-order valence-corrected chi connectivity index (χ4v) is 1.30. The van der Waals surface area contributed by atoms with Crippen molar-refractivity contribution >= 4 is 11.2 Å². The molecule has 0 amide bonds. The third kappa shape index (κ3) is 0.794. The first-order valence-electron chi connectivity index (χ1n) is 3.89. The molecule has 0 aliphatic rings. The number of nitrogens with two attached hydrogens (primary N) is 1. The number of nitrogen functional groups attached to an aromatic ring is 1. The zero-order valence-corrected chi connectivity index (χ0v) is 7.20. The molecule has 2 aromatic heterocycles. The molecule has 3 nitrogen and oxygen atoms in total. The van der Waals surface area contributed by atoms with Gasteiger partial charge in [-0.05, 0) is 25.5 Å². The van der Waals surface area contributed by atoms with Crippen LogP contribution < -0.4 is 5.73 Å². The van der Waals surface area contributed by atoms with Crippen LogP contribution in [0, 0.1) is 13.8 Å². The molecule has 2 aromatic rings. The van der Waals surface area contributed by atoms with E-state index in [1.54, 1.807) is 6.20 Å². The average molecular weight is 161 g/mol. The van der Waals surface area contributed by atoms with Crippen LogP contribution in [-0.2, 0) is 0 Å². The highest BCUT2D eigenvalue weighted by atomic mass is 15.2. The molecule has 0 aliphatic heterocycles. The number of nitrogens with zero attached hydrogens (tertiary/aromatic N) is 2. The van der Waals surface area contributed by atoms with E-state index in [0.717, 1.165) is 16.9 Å². The van der Waals surface area contributed by atoms with Crippen LogP contribution in [0.15, 0.2) is 18.3 Å². The summed E-state index contributed by atoms with van der Waals surface area (Å²) < 4.78 is 1.87. The summed E-state index contributed by atoms with van der Waals surface area (Å²) in [4.78, 5) is 0. The van der Waals surface area contributed by atoms with Gasteiger partial charge in [0, 0.05) is 5.69 Å². The van der Waals surface area contributed by atoms with Gasteiger partial charge in [-0.15, -0.1) is 0 Å². The molecule has 2 rings (SSSR count). The Kier molecular flexibility index (Phi) is 1.33. The normalized spacial score (nSPS) is 10.8. The van der Waals surface area contributed by atoms with Crippen LogP contribution in [0.2, 0.25) is 0 Å². The smallest absolute Gasteiger partial charge is 0.0894 e. The van der Waals surface area contributed by atoms with Crippen LogP contribution in [0.1, 0.15) is 11.3 Å². The van der Waals surface area contributed by atoms with Crippen LogP contribution in [0.4, 0.5) is 5.69 Å². The van der Waals surface area contributed by atoms with Crippen LogP contribution in [-0.4, -0.2) is 9.61 Å². The van der Waals surface area contributed by atoms with E-state index in [1.165, 1.54) is 5.56 Å². The third-order valence-electron chi connectivity index (χ3n) is 2.22. The van der Waals surface area contributed by atoms with Gasteiger partial charge in [0.2, 0.25) is 0 Å². The van der Waals surface area contributed by atoms with Gasteiger partial charge in [-0.3, -0.25) is 0 Å². The monoisotopic (exact) mass is 161 g/mol. The Hall–Kier alpha value is -1.51. The molecular formula is C9H11N3. The van der Waals surface area contributed by atoms with Crippen molar-refractivity contribution < 1.29 is 0 Å². The first kappa shape index (κ1) is 7.16. The highest BCUT2D eigenvalue weighted by molar-refractivity contribution is 5.69. The Labute approximate surface area is 70.8 Å². The Morgan fingerprint density at radius 2 is 2.08 bits per heavy atom. The predicted molar refractivity (Wildman–Crippen MR) is 49.1 cm³/mol. The Morgan fingerprint density at radius 3 is 2.83 bits per heavy atom. The van der Waals surface area contributed by atoms with Crippen LogP contribution in [0.5, 0.6) is 0 Å². The van der Waals surface area contributed by atoms with E-state index < -0.39 is 0 Å². The topological polar surface area (TPSA) is 43.3 Å². The van der Waals surface area contributed by atoms with Gasteiger partial charge < -0.3 is 5.73 Å². The molecule has 62 valence electrons. The quantitative estimate of drug-likeness (QED) is 0.636. The van der Waals surface area contributed by atoms with Gasteiger partial charge in [-0.25, -0.2) is 4.52 Å². The number of hydrogen-bond acceptors (Lipinski definition) is 2. The molecule has 0 spiro atoms. The number of fused-ring (bicyclic) bond motifs is 1. The maximum absolute atomic E-state index is 5.71. The fourth-order valence-electron chi connectivity index (χ4n) is 1.30. The summed E-state index contributed by atoms with van der Waals surface area (Å²) in [6.07, 6.45) is 1.68. The molecule has 0 atom stereocenters. The summed E-state index contributed by atoms with van der Waals surface area (Å²) in [7, 11) is 0. The minimum atomic E-state index is 0.734.